The van der Waals surface area contributed by atoms with Gasteiger partial charge in [0.05, 0.1) is 12.1 Å². The van der Waals surface area contributed by atoms with Crippen molar-refractivity contribution in [3.8, 4) is 16.9 Å². The van der Waals surface area contributed by atoms with Crippen LogP contribution >= 0.6 is 0 Å². The third-order valence-corrected chi connectivity index (χ3v) is 4.15. The maximum absolute atomic E-state index is 9.46. The second-order valence-electron chi connectivity index (χ2n) is 5.84. The number of nitrogens with two attached hydrogens (primary N) is 1. The lowest BCUT2D eigenvalue weighted by Crippen LogP contribution is -2.51. The van der Waals surface area contributed by atoms with Crippen LogP contribution in [0.15, 0.2) is 54.6 Å². The molecule has 0 bridgehead atoms. The number of benzene rings is 2. The van der Waals surface area contributed by atoms with Gasteiger partial charge in [-0.25, -0.2) is 0 Å². The van der Waals surface area contributed by atoms with Crippen molar-refractivity contribution in [1.29, 1.82) is 0 Å². The molecule has 1 aliphatic rings. The van der Waals surface area contributed by atoms with Gasteiger partial charge in [0.2, 0.25) is 0 Å². The minimum absolute atomic E-state index is 0.0280. The Balaban J connectivity index is 1.65. The Labute approximate surface area is 125 Å². The van der Waals surface area contributed by atoms with Crippen molar-refractivity contribution in [3.63, 3.8) is 0 Å². The predicted molar refractivity (Wildman–Crippen MR) is 84.1 cm³/mol. The fraction of sp³-hybridized carbons (Fsp3) is 0.333. The summed E-state index contributed by atoms with van der Waals surface area (Å²) in [6, 6.07) is 18.2. The molecule has 1 saturated carbocycles. The molecule has 0 aliphatic heterocycles. The zero-order chi connectivity index (χ0) is 14.7. The smallest absolute Gasteiger partial charge is 0.119 e. The third-order valence-electron chi connectivity index (χ3n) is 4.15. The number of aliphatic hydroxyl groups is 1. The maximum atomic E-state index is 9.46. The van der Waals surface area contributed by atoms with Gasteiger partial charge in [-0.05, 0) is 42.0 Å². The van der Waals surface area contributed by atoms with Gasteiger partial charge < -0.3 is 15.6 Å². The molecule has 21 heavy (non-hydrogen) atoms. The predicted octanol–water partition coefficient (Wildman–Crippen LogP) is 2.83. The van der Waals surface area contributed by atoms with Gasteiger partial charge in [-0.1, -0.05) is 42.5 Å². The standard InChI is InChI=1S/C18H21NO2/c19-18(12-20,16-8-9-16)13-21-17-10-6-15(7-11-17)14-4-2-1-3-5-14/h1-7,10-11,16,20H,8-9,12-13,19H2. The highest BCUT2D eigenvalue weighted by atomic mass is 16.5. The van der Waals surface area contributed by atoms with Gasteiger partial charge in [-0.15, -0.1) is 0 Å². The van der Waals surface area contributed by atoms with Gasteiger partial charge in [0.25, 0.3) is 0 Å². The Bertz CT molecular complexity index is 578. The van der Waals surface area contributed by atoms with E-state index in [1.54, 1.807) is 0 Å². The lowest BCUT2D eigenvalue weighted by Gasteiger charge is -2.27. The van der Waals surface area contributed by atoms with Crippen LogP contribution in [-0.4, -0.2) is 23.9 Å². The van der Waals surface area contributed by atoms with E-state index in [4.69, 9.17) is 10.5 Å². The molecule has 1 unspecified atom stereocenters. The summed E-state index contributed by atoms with van der Waals surface area (Å²) in [4.78, 5) is 0. The van der Waals surface area contributed by atoms with Gasteiger partial charge >= 0.3 is 0 Å². The second-order valence-corrected chi connectivity index (χ2v) is 5.84. The molecule has 1 fully saturated rings. The number of rotatable bonds is 6. The van der Waals surface area contributed by atoms with Crippen LogP contribution in [0.2, 0.25) is 0 Å². The minimum atomic E-state index is -0.599. The van der Waals surface area contributed by atoms with Crippen molar-refractivity contribution in [2.45, 2.75) is 18.4 Å². The minimum Gasteiger partial charge on any atom is -0.492 e. The molecule has 3 rings (SSSR count). The molecule has 1 atom stereocenters. The lowest BCUT2D eigenvalue weighted by atomic mass is 9.97. The van der Waals surface area contributed by atoms with E-state index >= 15 is 0 Å². The molecular weight excluding hydrogens is 262 g/mol. The Kier molecular flexibility index (Phi) is 3.95. The van der Waals surface area contributed by atoms with Crippen LogP contribution in [0.4, 0.5) is 0 Å². The van der Waals surface area contributed by atoms with Crippen LogP contribution in [0.3, 0.4) is 0 Å². The number of aliphatic hydroxyl groups excluding tert-OH is 1. The molecule has 0 saturated heterocycles. The van der Waals surface area contributed by atoms with E-state index in [9.17, 15) is 5.11 Å². The third kappa shape index (κ3) is 3.26. The van der Waals surface area contributed by atoms with Crippen LogP contribution < -0.4 is 10.5 Å². The van der Waals surface area contributed by atoms with Crippen molar-refractivity contribution in [2.75, 3.05) is 13.2 Å². The lowest BCUT2D eigenvalue weighted by molar-refractivity contribution is 0.117. The molecule has 0 aromatic heterocycles. The molecule has 0 heterocycles. The molecule has 2 aromatic carbocycles. The SMILES string of the molecule is NC(CO)(COc1ccc(-c2ccccc2)cc1)C1CC1. The van der Waals surface area contributed by atoms with Gasteiger partial charge in [0.1, 0.15) is 12.4 Å². The Morgan fingerprint density at radius 3 is 2.19 bits per heavy atom. The summed E-state index contributed by atoms with van der Waals surface area (Å²) < 4.78 is 5.77. The molecule has 0 spiro atoms. The number of ether oxygens (including phenoxy) is 1. The fourth-order valence-electron chi connectivity index (χ4n) is 2.54. The maximum Gasteiger partial charge on any atom is 0.119 e. The number of hydrogen-bond acceptors (Lipinski definition) is 3. The average molecular weight is 283 g/mol. The topological polar surface area (TPSA) is 55.5 Å². The summed E-state index contributed by atoms with van der Waals surface area (Å²) in [5.41, 5.74) is 7.94. The summed E-state index contributed by atoms with van der Waals surface area (Å²) in [7, 11) is 0. The van der Waals surface area contributed by atoms with E-state index < -0.39 is 5.54 Å². The first-order valence-corrected chi connectivity index (χ1v) is 7.39. The molecule has 3 nitrogen and oxygen atoms in total. The fourth-order valence-corrected chi connectivity index (χ4v) is 2.54. The van der Waals surface area contributed by atoms with Crippen molar-refractivity contribution in [2.24, 2.45) is 11.7 Å². The summed E-state index contributed by atoms with van der Waals surface area (Å²) >= 11 is 0. The molecule has 0 radical (unpaired) electrons. The summed E-state index contributed by atoms with van der Waals surface area (Å²) in [6.07, 6.45) is 2.18. The molecule has 3 N–H and O–H groups in total. The Hall–Kier alpha value is -1.84. The van der Waals surface area contributed by atoms with E-state index in [1.165, 1.54) is 5.56 Å². The highest BCUT2D eigenvalue weighted by Gasteiger charge is 2.42. The van der Waals surface area contributed by atoms with Crippen molar-refractivity contribution in [1.82, 2.24) is 0 Å². The first-order chi connectivity index (χ1) is 10.2. The highest BCUT2D eigenvalue weighted by Crippen LogP contribution is 2.38. The zero-order valence-corrected chi connectivity index (χ0v) is 12.0. The molecule has 110 valence electrons. The summed E-state index contributed by atoms with van der Waals surface area (Å²) in [5, 5.41) is 9.46. The first-order valence-electron chi connectivity index (χ1n) is 7.39. The van der Waals surface area contributed by atoms with E-state index in [0.717, 1.165) is 24.2 Å². The van der Waals surface area contributed by atoms with Crippen LogP contribution in [0.5, 0.6) is 5.75 Å². The van der Waals surface area contributed by atoms with Crippen molar-refractivity contribution < 1.29 is 9.84 Å². The van der Waals surface area contributed by atoms with E-state index in [0.29, 0.717) is 12.5 Å². The quantitative estimate of drug-likeness (QED) is 0.857. The normalized spacial score (nSPS) is 17.2. The van der Waals surface area contributed by atoms with Gasteiger partial charge in [-0.2, -0.15) is 0 Å². The Morgan fingerprint density at radius 1 is 1.00 bits per heavy atom. The van der Waals surface area contributed by atoms with E-state index in [-0.39, 0.29) is 6.61 Å². The molecule has 3 heteroatoms. The molecular formula is C18H21NO2. The van der Waals surface area contributed by atoms with Crippen LogP contribution in [0.1, 0.15) is 12.8 Å². The number of hydrogen-bond donors (Lipinski definition) is 2. The van der Waals surface area contributed by atoms with Gasteiger partial charge in [0.15, 0.2) is 0 Å². The van der Waals surface area contributed by atoms with Crippen molar-refractivity contribution >= 4 is 0 Å². The molecule has 2 aromatic rings. The van der Waals surface area contributed by atoms with Crippen LogP contribution in [-0.2, 0) is 0 Å². The highest BCUT2D eigenvalue weighted by molar-refractivity contribution is 5.63. The van der Waals surface area contributed by atoms with E-state index in [1.807, 2.05) is 42.5 Å². The summed E-state index contributed by atoms with van der Waals surface area (Å²) in [5.74, 6) is 1.18. The van der Waals surface area contributed by atoms with E-state index in [2.05, 4.69) is 12.1 Å². The first kappa shape index (κ1) is 14.1. The van der Waals surface area contributed by atoms with Crippen LogP contribution in [0.25, 0.3) is 11.1 Å². The second kappa shape index (κ2) is 5.88. The van der Waals surface area contributed by atoms with Gasteiger partial charge in [-0.3, -0.25) is 0 Å². The molecule has 1 aliphatic carbocycles. The average Bonchev–Trinajstić information content (AvgIpc) is 3.39. The van der Waals surface area contributed by atoms with Crippen molar-refractivity contribution in [3.05, 3.63) is 54.6 Å². The Morgan fingerprint density at radius 2 is 1.62 bits per heavy atom. The molecule has 0 amide bonds. The monoisotopic (exact) mass is 283 g/mol. The largest absolute Gasteiger partial charge is 0.492 e. The van der Waals surface area contributed by atoms with Crippen LogP contribution in [0, 0.1) is 5.92 Å². The summed E-state index contributed by atoms with van der Waals surface area (Å²) in [6.45, 7) is 0.332. The van der Waals surface area contributed by atoms with Gasteiger partial charge in [0, 0.05) is 0 Å². The zero-order valence-electron chi connectivity index (χ0n) is 12.0.